The molecule has 0 aliphatic carbocycles. The average molecular weight is 317 g/mol. The van der Waals surface area contributed by atoms with Crippen molar-refractivity contribution in [2.45, 2.75) is 12.7 Å². The normalized spacial score (nSPS) is 12.4. The lowest BCUT2D eigenvalue weighted by molar-refractivity contribution is -0.0498. The minimum atomic E-state index is -2.99. The van der Waals surface area contributed by atoms with Gasteiger partial charge in [-0.2, -0.15) is 13.9 Å². The zero-order chi connectivity index (χ0) is 15.4. The smallest absolute Gasteiger partial charge is 0.387 e. The Hall–Kier alpha value is -2.00. The van der Waals surface area contributed by atoms with Crippen LogP contribution in [0.3, 0.4) is 0 Å². The number of carbonyl (C=O) groups excluding carboxylic acids is 1. The second-order valence-corrected chi connectivity index (χ2v) is 5.08. The number of aromatic nitrogens is 2. The van der Waals surface area contributed by atoms with Gasteiger partial charge in [0.2, 0.25) is 0 Å². The predicted octanol–water partition coefficient (Wildman–Crippen LogP) is 1.55. The monoisotopic (exact) mass is 317 g/mol. The molecule has 21 heavy (non-hydrogen) atoms. The summed E-state index contributed by atoms with van der Waals surface area (Å²) >= 11 is 0.983. The standard InChI is InChI=1S/C12H13F2N3O3S/c1-17-6-7(4-16-17)8(18)5-15-11(19)10-9(2-3-21-10)20-12(13)14/h2-4,6,8,12,18H,5H2,1H3,(H,15,19)/t8-/m0/s1. The summed E-state index contributed by atoms with van der Waals surface area (Å²) in [5.74, 6) is -0.757. The molecule has 0 aromatic carbocycles. The molecule has 2 aromatic heterocycles. The molecule has 0 spiro atoms. The highest BCUT2D eigenvalue weighted by Gasteiger charge is 2.18. The van der Waals surface area contributed by atoms with E-state index in [1.54, 1.807) is 13.2 Å². The highest BCUT2D eigenvalue weighted by atomic mass is 32.1. The molecule has 0 unspecified atom stereocenters. The zero-order valence-corrected chi connectivity index (χ0v) is 11.8. The Morgan fingerprint density at radius 1 is 1.62 bits per heavy atom. The maximum absolute atomic E-state index is 12.2. The number of nitrogens with zero attached hydrogens (tertiary/aromatic N) is 2. The Balaban J connectivity index is 1.94. The van der Waals surface area contributed by atoms with Crippen LogP contribution in [0.15, 0.2) is 23.8 Å². The van der Waals surface area contributed by atoms with E-state index in [1.807, 2.05) is 0 Å². The Bertz CT molecular complexity index is 614. The maximum Gasteiger partial charge on any atom is 0.387 e. The number of aliphatic hydroxyl groups is 1. The number of hydrogen-bond donors (Lipinski definition) is 2. The zero-order valence-electron chi connectivity index (χ0n) is 11.0. The number of alkyl halides is 2. The van der Waals surface area contributed by atoms with Crippen molar-refractivity contribution in [2.75, 3.05) is 6.54 Å². The van der Waals surface area contributed by atoms with Crippen molar-refractivity contribution in [3.8, 4) is 5.75 Å². The molecule has 0 fully saturated rings. The molecule has 0 aliphatic heterocycles. The molecule has 1 amide bonds. The van der Waals surface area contributed by atoms with E-state index >= 15 is 0 Å². The van der Waals surface area contributed by atoms with Gasteiger partial charge in [0.25, 0.3) is 5.91 Å². The maximum atomic E-state index is 12.2. The van der Waals surface area contributed by atoms with Crippen LogP contribution in [0.1, 0.15) is 21.3 Å². The summed E-state index contributed by atoms with van der Waals surface area (Å²) in [6.45, 7) is -3.05. The summed E-state index contributed by atoms with van der Waals surface area (Å²) < 4.78 is 30.1. The number of ether oxygens (including phenoxy) is 1. The molecule has 1 atom stereocenters. The number of halogens is 2. The van der Waals surface area contributed by atoms with E-state index in [4.69, 9.17) is 0 Å². The van der Waals surface area contributed by atoms with Crippen LogP contribution < -0.4 is 10.1 Å². The van der Waals surface area contributed by atoms with Gasteiger partial charge in [-0.25, -0.2) is 0 Å². The Morgan fingerprint density at radius 3 is 3.00 bits per heavy atom. The molecule has 0 bridgehead atoms. The number of thiophene rings is 1. The minimum absolute atomic E-state index is 0.0358. The van der Waals surface area contributed by atoms with Gasteiger partial charge >= 0.3 is 6.61 Å². The predicted molar refractivity (Wildman–Crippen MR) is 71.5 cm³/mol. The average Bonchev–Trinajstić information content (AvgIpc) is 3.04. The van der Waals surface area contributed by atoms with Crippen molar-refractivity contribution >= 4 is 17.2 Å². The summed E-state index contributed by atoms with van der Waals surface area (Å²) in [4.78, 5) is 11.9. The topological polar surface area (TPSA) is 76.4 Å². The largest absolute Gasteiger partial charge is 0.433 e. The number of nitrogens with one attached hydrogen (secondary N) is 1. The SMILES string of the molecule is Cn1cc([C@@H](O)CNC(=O)c2sccc2OC(F)F)cn1. The number of aliphatic hydroxyl groups excluding tert-OH is 1. The lowest BCUT2D eigenvalue weighted by Gasteiger charge is -2.10. The summed E-state index contributed by atoms with van der Waals surface area (Å²) in [5.41, 5.74) is 0.549. The van der Waals surface area contributed by atoms with Crippen molar-refractivity contribution in [2.24, 2.45) is 7.05 Å². The van der Waals surface area contributed by atoms with Crippen LogP contribution >= 0.6 is 11.3 Å². The number of rotatable bonds is 6. The third-order valence-electron chi connectivity index (χ3n) is 2.62. The van der Waals surface area contributed by atoms with Gasteiger partial charge in [-0.15, -0.1) is 11.3 Å². The second kappa shape index (κ2) is 6.64. The molecule has 9 heteroatoms. The van der Waals surface area contributed by atoms with Crippen LogP contribution in [-0.2, 0) is 7.05 Å². The highest BCUT2D eigenvalue weighted by molar-refractivity contribution is 7.12. The van der Waals surface area contributed by atoms with E-state index in [-0.39, 0.29) is 17.2 Å². The lowest BCUT2D eigenvalue weighted by Crippen LogP contribution is -2.28. The summed E-state index contributed by atoms with van der Waals surface area (Å²) in [7, 11) is 1.70. The lowest BCUT2D eigenvalue weighted by atomic mass is 10.2. The molecule has 114 valence electrons. The van der Waals surface area contributed by atoms with Gasteiger partial charge in [-0.1, -0.05) is 0 Å². The van der Waals surface area contributed by atoms with E-state index < -0.39 is 18.6 Å². The Labute approximate surface area is 123 Å². The van der Waals surface area contributed by atoms with Gasteiger partial charge in [0.1, 0.15) is 10.6 Å². The summed E-state index contributed by atoms with van der Waals surface area (Å²) in [6.07, 6.45) is 2.17. The molecular weight excluding hydrogens is 304 g/mol. The molecule has 0 saturated carbocycles. The van der Waals surface area contributed by atoms with Crippen LogP contribution in [0.5, 0.6) is 5.75 Å². The van der Waals surface area contributed by atoms with E-state index in [0.717, 1.165) is 11.3 Å². The van der Waals surface area contributed by atoms with E-state index in [9.17, 15) is 18.7 Å². The quantitative estimate of drug-likeness (QED) is 0.847. The fourth-order valence-electron chi connectivity index (χ4n) is 1.65. The van der Waals surface area contributed by atoms with E-state index in [0.29, 0.717) is 5.56 Å². The van der Waals surface area contributed by atoms with E-state index in [1.165, 1.54) is 22.3 Å². The molecule has 6 nitrogen and oxygen atoms in total. The number of aryl methyl sites for hydroxylation is 1. The molecule has 2 rings (SSSR count). The molecule has 0 saturated heterocycles. The van der Waals surface area contributed by atoms with Crippen molar-refractivity contribution in [1.82, 2.24) is 15.1 Å². The van der Waals surface area contributed by atoms with Crippen LogP contribution in [0.25, 0.3) is 0 Å². The van der Waals surface area contributed by atoms with Gasteiger partial charge in [0, 0.05) is 25.4 Å². The fourth-order valence-corrected chi connectivity index (χ4v) is 2.39. The molecule has 2 aromatic rings. The van der Waals surface area contributed by atoms with Crippen molar-refractivity contribution < 1.29 is 23.4 Å². The molecule has 2 heterocycles. The third-order valence-corrected chi connectivity index (χ3v) is 3.51. The van der Waals surface area contributed by atoms with E-state index in [2.05, 4.69) is 15.2 Å². The van der Waals surface area contributed by atoms with Gasteiger partial charge < -0.3 is 15.2 Å². The fraction of sp³-hybridized carbons (Fsp3) is 0.333. The van der Waals surface area contributed by atoms with Crippen molar-refractivity contribution in [3.05, 3.63) is 34.3 Å². The summed E-state index contributed by atoms with van der Waals surface area (Å²) in [6, 6.07) is 1.29. The highest BCUT2D eigenvalue weighted by Crippen LogP contribution is 2.26. The van der Waals surface area contributed by atoms with Crippen LogP contribution in [-0.4, -0.2) is 34.0 Å². The minimum Gasteiger partial charge on any atom is -0.433 e. The Morgan fingerprint density at radius 2 is 2.38 bits per heavy atom. The van der Waals surface area contributed by atoms with Gasteiger partial charge in [-0.05, 0) is 11.4 Å². The molecular formula is C12H13F2N3O3S. The van der Waals surface area contributed by atoms with Crippen molar-refractivity contribution in [1.29, 1.82) is 0 Å². The van der Waals surface area contributed by atoms with Gasteiger partial charge in [-0.3, -0.25) is 9.48 Å². The first-order valence-corrected chi connectivity index (χ1v) is 6.82. The molecule has 0 aliphatic rings. The molecule has 0 radical (unpaired) electrons. The first kappa shape index (κ1) is 15.4. The first-order valence-electron chi connectivity index (χ1n) is 5.94. The van der Waals surface area contributed by atoms with Gasteiger partial charge in [0.15, 0.2) is 0 Å². The number of hydrogen-bond acceptors (Lipinski definition) is 5. The van der Waals surface area contributed by atoms with Gasteiger partial charge in [0.05, 0.1) is 12.3 Å². The molecule has 2 N–H and O–H groups in total. The third kappa shape index (κ3) is 3.99. The Kier molecular flexibility index (Phi) is 4.86. The number of carbonyl (C=O) groups is 1. The number of amides is 1. The van der Waals surface area contributed by atoms with Crippen molar-refractivity contribution in [3.63, 3.8) is 0 Å². The van der Waals surface area contributed by atoms with Crippen LogP contribution in [0, 0.1) is 0 Å². The van der Waals surface area contributed by atoms with Crippen LogP contribution in [0.2, 0.25) is 0 Å². The first-order chi connectivity index (χ1) is 9.97. The van der Waals surface area contributed by atoms with Crippen LogP contribution in [0.4, 0.5) is 8.78 Å². The summed E-state index contributed by atoms with van der Waals surface area (Å²) in [5, 5.41) is 17.7. The second-order valence-electron chi connectivity index (χ2n) is 4.17.